The van der Waals surface area contributed by atoms with Gasteiger partial charge in [0.05, 0.1) is 6.20 Å². The maximum atomic E-state index is 11.8. The van der Waals surface area contributed by atoms with Crippen molar-refractivity contribution in [3.63, 3.8) is 0 Å². The van der Waals surface area contributed by atoms with E-state index in [-0.39, 0.29) is 24.7 Å². The van der Waals surface area contributed by atoms with Crippen LogP contribution >= 0.6 is 0 Å². The van der Waals surface area contributed by atoms with Gasteiger partial charge in [-0.15, -0.1) is 0 Å². The topological polar surface area (TPSA) is 92.4 Å². The van der Waals surface area contributed by atoms with Crippen LogP contribution in [0.5, 0.6) is 0 Å². The molecule has 110 valence electrons. The maximum Gasteiger partial charge on any atom is 0.303 e. The van der Waals surface area contributed by atoms with E-state index in [9.17, 15) is 9.59 Å². The predicted octanol–water partition coefficient (Wildman–Crippen LogP) is 2.78. The van der Waals surface area contributed by atoms with Gasteiger partial charge in [0.15, 0.2) is 12.2 Å². The van der Waals surface area contributed by atoms with Crippen LogP contribution < -0.4 is 5.32 Å². The van der Waals surface area contributed by atoms with Crippen molar-refractivity contribution in [2.45, 2.75) is 19.8 Å². The van der Waals surface area contributed by atoms with E-state index in [1.54, 1.807) is 25.3 Å². The number of aromatic nitrogens is 1. The lowest BCUT2D eigenvalue weighted by atomic mass is 10.0. The van der Waals surface area contributed by atoms with Crippen molar-refractivity contribution in [3.8, 4) is 11.3 Å². The summed E-state index contributed by atoms with van der Waals surface area (Å²) in [7, 11) is 0. The van der Waals surface area contributed by atoms with E-state index in [1.165, 1.54) is 6.39 Å². The average molecular weight is 288 g/mol. The molecule has 0 aliphatic rings. The van der Waals surface area contributed by atoms with Crippen LogP contribution in [0, 0.1) is 5.92 Å². The summed E-state index contributed by atoms with van der Waals surface area (Å²) in [6, 6.07) is 7.16. The molecule has 1 amide bonds. The Morgan fingerprint density at radius 3 is 2.57 bits per heavy atom. The second kappa shape index (κ2) is 6.69. The fourth-order valence-corrected chi connectivity index (χ4v) is 1.97. The van der Waals surface area contributed by atoms with Crippen molar-refractivity contribution in [1.29, 1.82) is 0 Å². The first-order valence-electron chi connectivity index (χ1n) is 6.55. The first-order valence-corrected chi connectivity index (χ1v) is 6.55. The molecule has 0 aliphatic carbocycles. The van der Waals surface area contributed by atoms with Crippen LogP contribution in [0.2, 0.25) is 0 Å². The second-order valence-electron chi connectivity index (χ2n) is 4.90. The number of rotatable bonds is 6. The lowest BCUT2D eigenvalue weighted by Gasteiger charge is -2.09. The molecule has 0 fully saturated rings. The number of carbonyl (C=O) groups excluding carboxylic acids is 1. The quantitative estimate of drug-likeness (QED) is 0.852. The Balaban J connectivity index is 1.91. The van der Waals surface area contributed by atoms with Crippen LogP contribution in [0.1, 0.15) is 19.8 Å². The predicted molar refractivity (Wildman–Crippen MR) is 76.6 cm³/mol. The van der Waals surface area contributed by atoms with Gasteiger partial charge in [-0.05, 0) is 30.2 Å². The maximum absolute atomic E-state index is 11.8. The Morgan fingerprint density at radius 2 is 2.00 bits per heavy atom. The van der Waals surface area contributed by atoms with Crippen LogP contribution in [-0.2, 0) is 9.59 Å². The van der Waals surface area contributed by atoms with Crippen molar-refractivity contribution in [1.82, 2.24) is 4.98 Å². The minimum atomic E-state index is -0.897. The number of hydrogen-bond acceptors (Lipinski definition) is 4. The smallest absolute Gasteiger partial charge is 0.303 e. The Labute approximate surface area is 121 Å². The largest absolute Gasteiger partial charge is 0.481 e. The van der Waals surface area contributed by atoms with Gasteiger partial charge in [0.1, 0.15) is 0 Å². The van der Waals surface area contributed by atoms with Gasteiger partial charge in [0.2, 0.25) is 5.91 Å². The highest BCUT2D eigenvalue weighted by Crippen LogP contribution is 2.21. The van der Waals surface area contributed by atoms with Crippen molar-refractivity contribution in [2.75, 3.05) is 5.32 Å². The highest BCUT2D eigenvalue weighted by Gasteiger charge is 2.12. The van der Waals surface area contributed by atoms with Crippen LogP contribution in [0.4, 0.5) is 5.69 Å². The molecule has 0 radical (unpaired) electrons. The van der Waals surface area contributed by atoms with Crippen molar-refractivity contribution >= 4 is 17.6 Å². The van der Waals surface area contributed by atoms with Crippen molar-refractivity contribution < 1.29 is 19.1 Å². The molecule has 6 heteroatoms. The van der Waals surface area contributed by atoms with E-state index in [4.69, 9.17) is 9.52 Å². The summed E-state index contributed by atoms with van der Waals surface area (Å²) in [5, 5.41) is 11.4. The van der Waals surface area contributed by atoms with Gasteiger partial charge in [0.25, 0.3) is 0 Å². The minimum absolute atomic E-state index is 0.0160. The number of oxazole rings is 1. The fourth-order valence-electron chi connectivity index (χ4n) is 1.97. The summed E-state index contributed by atoms with van der Waals surface area (Å²) < 4.78 is 5.18. The Kier molecular flexibility index (Phi) is 4.71. The highest BCUT2D eigenvalue weighted by atomic mass is 16.4. The summed E-state index contributed by atoms with van der Waals surface area (Å²) >= 11 is 0. The number of anilines is 1. The molecule has 6 nitrogen and oxygen atoms in total. The number of aliphatic carboxylic acids is 1. The summed E-state index contributed by atoms with van der Waals surface area (Å²) in [5.74, 6) is -0.637. The molecule has 1 aromatic heterocycles. The number of carboxylic acids is 1. The van der Waals surface area contributed by atoms with Crippen LogP contribution in [0.25, 0.3) is 11.3 Å². The van der Waals surface area contributed by atoms with Gasteiger partial charge in [-0.2, -0.15) is 0 Å². The third kappa shape index (κ3) is 4.45. The van der Waals surface area contributed by atoms with Crippen molar-refractivity contribution in [3.05, 3.63) is 36.9 Å². The van der Waals surface area contributed by atoms with Gasteiger partial charge >= 0.3 is 5.97 Å². The number of nitrogens with one attached hydrogen (secondary N) is 1. The number of amides is 1. The molecule has 2 aromatic rings. The molecule has 0 aliphatic heterocycles. The zero-order valence-corrected chi connectivity index (χ0v) is 11.6. The zero-order chi connectivity index (χ0) is 15.2. The molecule has 0 spiro atoms. The van der Waals surface area contributed by atoms with Gasteiger partial charge in [-0.25, -0.2) is 4.98 Å². The standard InChI is InChI=1S/C15H16N2O4/c1-10(7-15(19)20)6-14(18)17-12-4-2-11(3-5-12)13-8-16-9-21-13/h2-5,8-10H,6-7H2,1H3,(H,17,18)(H,19,20). The van der Waals surface area contributed by atoms with E-state index in [2.05, 4.69) is 10.3 Å². The Bertz CT molecular complexity index is 605. The molecule has 0 bridgehead atoms. The molecule has 1 aromatic carbocycles. The molecular formula is C15H16N2O4. The number of carboxylic acid groups (broad SMARTS) is 1. The summed E-state index contributed by atoms with van der Waals surface area (Å²) in [4.78, 5) is 26.2. The van der Waals surface area contributed by atoms with E-state index >= 15 is 0 Å². The second-order valence-corrected chi connectivity index (χ2v) is 4.90. The van der Waals surface area contributed by atoms with E-state index in [0.29, 0.717) is 11.4 Å². The van der Waals surface area contributed by atoms with Crippen LogP contribution in [-0.4, -0.2) is 22.0 Å². The molecule has 0 saturated carbocycles. The van der Waals surface area contributed by atoms with Crippen LogP contribution in [0.3, 0.4) is 0 Å². The number of carbonyl (C=O) groups is 2. The number of benzene rings is 1. The number of hydrogen-bond donors (Lipinski definition) is 2. The van der Waals surface area contributed by atoms with Gasteiger partial charge in [-0.3, -0.25) is 9.59 Å². The average Bonchev–Trinajstić information content (AvgIpc) is 2.92. The summed E-state index contributed by atoms with van der Waals surface area (Å²) in [6.07, 6.45) is 3.13. The minimum Gasteiger partial charge on any atom is -0.481 e. The van der Waals surface area contributed by atoms with Crippen LogP contribution in [0.15, 0.2) is 41.3 Å². The third-order valence-electron chi connectivity index (χ3n) is 2.94. The fraction of sp³-hybridized carbons (Fsp3) is 0.267. The molecule has 1 heterocycles. The normalized spacial score (nSPS) is 11.9. The number of nitrogens with zero attached hydrogens (tertiary/aromatic N) is 1. The molecular weight excluding hydrogens is 272 g/mol. The first-order chi connectivity index (χ1) is 10.0. The third-order valence-corrected chi connectivity index (χ3v) is 2.94. The lowest BCUT2D eigenvalue weighted by molar-refractivity contribution is -0.138. The molecule has 0 saturated heterocycles. The van der Waals surface area contributed by atoms with Gasteiger partial charge in [-0.1, -0.05) is 6.92 Å². The molecule has 1 atom stereocenters. The van der Waals surface area contributed by atoms with Gasteiger partial charge < -0.3 is 14.8 Å². The van der Waals surface area contributed by atoms with E-state index in [0.717, 1.165) is 5.56 Å². The lowest BCUT2D eigenvalue weighted by Crippen LogP contribution is -2.16. The summed E-state index contributed by atoms with van der Waals surface area (Å²) in [6.45, 7) is 1.74. The van der Waals surface area contributed by atoms with Crippen molar-refractivity contribution in [2.24, 2.45) is 5.92 Å². The molecule has 21 heavy (non-hydrogen) atoms. The highest BCUT2D eigenvalue weighted by molar-refractivity contribution is 5.91. The van der Waals surface area contributed by atoms with E-state index < -0.39 is 5.97 Å². The molecule has 2 N–H and O–H groups in total. The zero-order valence-electron chi connectivity index (χ0n) is 11.6. The van der Waals surface area contributed by atoms with E-state index in [1.807, 2.05) is 12.1 Å². The molecule has 2 rings (SSSR count). The van der Waals surface area contributed by atoms with Gasteiger partial charge in [0, 0.05) is 24.1 Å². The monoisotopic (exact) mass is 288 g/mol. The first kappa shape index (κ1) is 14.8. The SMILES string of the molecule is CC(CC(=O)O)CC(=O)Nc1ccc(-c2cnco2)cc1. The Morgan fingerprint density at radius 1 is 1.29 bits per heavy atom. The summed E-state index contributed by atoms with van der Waals surface area (Å²) in [5.41, 5.74) is 1.52. The Hall–Kier alpha value is -2.63. The molecule has 1 unspecified atom stereocenters.